The highest BCUT2D eigenvalue weighted by Crippen LogP contribution is 2.21. The minimum Gasteiger partial charge on any atom is -0.294 e. The number of hydrogen-bond donors (Lipinski definition) is 0. The van der Waals surface area contributed by atoms with E-state index in [9.17, 15) is 9.18 Å². The first-order valence-corrected chi connectivity index (χ1v) is 5.33. The molecule has 0 fully saturated rings. The van der Waals surface area contributed by atoms with Crippen molar-refractivity contribution in [2.75, 3.05) is 0 Å². The van der Waals surface area contributed by atoms with Crippen LogP contribution in [0.3, 0.4) is 0 Å². The second kappa shape index (κ2) is 5.67. The third-order valence-electron chi connectivity index (χ3n) is 1.90. The van der Waals surface area contributed by atoms with E-state index >= 15 is 0 Å². The van der Waals surface area contributed by atoms with Crippen LogP contribution in [-0.4, -0.2) is 5.78 Å². The van der Waals surface area contributed by atoms with Crippen molar-refractivity contribution in [2.45, 2.75) is 19.8 Å². The van der Waals surface area contributed by atoms with Crippen molar-refractivity contribution >= 4 is 21.7 Å². The standard InChI is InChI=1S/C12H10BrFO/c1-2-3-4-8-11(15)12-9(13)6-5-7-10(12)14/h5-7H,4,8H2,1H3. The number of carbonyl (C=O) groups excluding carboxylic acids is 1. The van der Waals surface area contributed by atoms with Gasteiger partial charge in [0.15, 0.2) is 5.78 Å². The summed E-state index contributed by atoms with van der Waals surface area (Å²) >= 11 is 3.16. The van der Waals surface area contributed by atoms with E-state index < -0.39 is 5.82 Å². The number of hydrogen-bond acceptors (Lipinski definition) is 1. The third kappa shape index (κ3) is 3.17. The van der Waals surface area contributed by atoms with Crippen molar-refractivity contribution in [1.82, 2.24) is 0 Å². The Hall–Kier alpha value is -1.14. The lowest BCUT2D eigenvalue weighted by atomic mass is 10.1. The molecule has 0 amide bonds. The van der Waals surface area contributed by atoms with Crippen molar-refractivity contribution in [2.24, 2.45) is 0 Å². The normalized spacial score (nSPS) is 9.27. The van der Waals surface area contributed by atoms with Gasteiger partial charge in [0.2, 0.25) is 0 Å². The number of ketones is 1. The van der Waals surface area contributed by atoms with Gasteiger partial charge in [0.1, 0.15) is 5.82 Å². The average molecular weight is 269 g/mol. The van der Waals surface area contributed by atoms with Gasteiger partial charge in [-0.3, -0.25) is 4.79 Å². The quantitative estimate of drug-likeness (QED) is 0.605. The summed E-state index contributed by atoms with van der Waals surface area (Å²) in [5, 5.41) is 0. The average Bonchev–Trinajstić information content (AvgIpc) is 2.18. The fourth-order valence-corrected chi connectivity index (χ4v) is 1.75. The van der Waals surface area contributed by atoms with Crippen LogP contribution in [0.2, 0.25) is 0 Å². The van der Waals surface area contributed by atoms with Crippen LogP contribution in [0.5, 0.6) is 0 Å². The van der Waals surface area contributed by atoms with Crippen LogP contribution >= 0.6 is 15.9 Å². The van der Waals surface area contributed by atoms with Crippen molar-refractivity contribution in [1.29, 1.82) is 0 Å². The van der Waals surface area contributed by atoms with Gasteiger partial charge in [0.05, 0.1) is 5.56 Å². The van der Waals surface area contributed by atoms with Gasteiger partial charge in [-0.2, -0.15) is 0 Å². The molecule has 0 unspecified atom stereocenters. The molecule has 15 heavy (non-hydrogen) atoms. The van der Waals surface area contributed by atoms with Crippen molar-refractivity contribution in [3.8, 4) is 11.8 Å². The summed E-state index contributed by atoms with van der Waals surface area (Å²) in [7, 11) is 0. The number of rotatable bonds is 3. The van der Waals surface area contributed by atoms with Gasteiger partial charge in [0.25, 0.3) is 0 Å². The highest BCUT2D eigenvalue weighted by molar-refractivity contribution is 9.10. The first kappa shape index (κ1) is 11.9. The van der Waals surface area contributed by atoms with Gasteiger partial charge in [-0.25, -0.2) is 4.39 Å². The molecule has 1 nitrogen and oxygen atoms in total. The van der Waals surface area contributed by atoms with Gasteiger partial charge in [0, 0.05) is 17.3 Å². The van der Waals surface area contributed by atoms with E-state index in [0.717, 1.165) is 0 Å². The zero-order valence-corrected chi connectivity index (χ0v) is 9.90. The van der Waals surface area contributed by atoms with Crippen LogP contribution < -0.4 is 0 Å². The summed E-state index contributed by atoms with van der Waals surface area (Å²) in [6, 6.07) is 4.49. The molecule has 1 aromatic carbocycles. The van der Waals surface area contributed by atoms with Crippen LogP contribution in [0.4, 0.5) is 4.39 Å². The first-order chi connectivity index (χ1) is 7.16. The summed E-state index contributed by atoms with van der Waals surface area (Å²) < 4.78 is 13.8. The molecule has 1 aromatic rings. The maximum atomic E-state index is 13.3. The van der Waals surface area contributed by atoms with Gasteiger partial charge in [-0.05, 0) is 35.0 Å². The van der Waals surface area contributed by atoms with Crippen LogP contribution in [0, 0.1) is 17.7 Å². The van der Waals surface area contributed by atoms with Crippen molar-refractivity contribution < 1.29 is 9.18 Å². The Bertz CT molecular complexity index is 409. The van der Waals surface area contributed by atoms with E-state index in [2.05, 4.69) is 27.8 Å². The molecular weight excluding hydrogens is 259 g/mol. The van der Waals surface area contributed by atoms with E-state index in [0.29, 0.717) is 10.9 Å². The predicted molar refractivity (Wildman–Crippen MR) is 61.1 cm³/mol. The van der Waals surface area contributed by atoms with E-state index in [4.69, 9.17) is 0 Å². The molecule has 1 rings (SSSR count). The summed E-state index contributed by atoms with van der Waals surface area (Å²) in [6.07, 6.45) is 0.719. The predicted octanol–water partition coefficient (Wildman–Crippen LogP) is 3.57. The molecular formula is C12H10BrFO. The van der Waals surface area contributed by atoms with Gasteiger partial charge in [-0.15, -0.1) is 11.8 Å². The number of benzene rings is 1. The van der Waals surface area contributed by atoms with Gasteiger partial charge >= 0.3 is 0 Å². The molecule has 0 saturated carbocycles. The third-order valence-corrected chi connectivity index (χ3v) is 2.56. The molecule has 0 aromatic heterocycles. The molecule has 0 spiro atoms. The van der Waals surface area contributed by atoms with Gasteiger partial charge < -0.3 is 0 Å². The van der Waals surface area contributed by atoms with Crippen LogP contribution in [0.25, 0.3) is 0 Å². The van der Waals surface area contributed by atoms with Crippen molar-refractivity contribution in [3.63, 3.8) is 0 Å². The Kier molecular flexibility index (Phi) is 4.51. The lowest BCUT2D eigenvalue weighted by Gasteiger charge is -2.03. The minimum atomic E-state index is -0.487. The molecule has 0 aliphatic heterocycles. The van der Waals surface area contributed by atoms with Crippen molar-refractivity contribution in [3.05, 3.63) is 34.1 Å². The SMILES string of the molecule is CC#CCCC(=O)c1c(F)cccc1Br. The lowest BCUT2D eigenvalue weighted by molar-refractivity contribution is 0.0979. The molecule has 0 radical (unpaired) electrons. The maximum absolute atomic E-state index is 13.3. The lowest BCUT2D eigenvalue weighted by Crippen LogP contribution is -2.03. The topological polar surface area (TPSA) is 17.1 Å². The highest BCUT2D eigenvalue weighted by Gasteiger charge is 2.14. The summed E-state index contributed by atoms with van der Waals surface area (Å²) in [5.41, 5.74) is 0.121. The van der Waals surface area contributed by atoms with E-state index in [-0.39, 0.29) is 17.8 Å². The van der Waals surface area contributed by atoms with E-state index in [1.54, 1.807) is 19.1 Å². The van der Waals surface area contributed by atoms with E-state index in [1.165, 1.54) is 6.07 Å². The second-order valence-electron chi connectivity index (χ2n) is 2.95. The monoisotopic (exact) mass is 268 g/mol. The molecule has 3 heteroatoms. The van der Waals surface area contributed by atoms with Gasteiger partial charge in [-0.1, -0.05) is 6.07 Å². The zero-order valence-electron chi connectivity index (χ0n) is 8.31. The number of carbonyl (C=O) groups is 1. The van der Waals surface area contributed by atoms with Crippen LogP contribution in [0.15, 0.2) is 22.7 Å². The summed E-state index contributed by atoms with van der Waals surface area (Å²) in [4.78, 5) is 11.6. The Morgan fingerprint density at radius 3 is 2.87 bits per heavy atom. The highest BCUT2D eigenvalue weighted by atomic mass is 79.9. The Labute approximate surface area is 96.8 Å². The smallest absolute Gasteiger partial charge is 0.167 e. The Morgan fingerprint density at radius 2 is 2.27 bits per heavy atom. The Morgan fingerprint density at radius 1 is 1.53 bits per heavy atom. The molecule has 0 heterocycles. The largest absolute Gasteiger partial charge is 0.294 e. The zero-order chi connectivity index (χ0) is 11.3. The fraction of sp³-hybridized carbons (Fsp3) is 0.250. The molecule has 0 bridgehead atoms. The molecule has 0 atom stereocenters. The van der Waals surface area contributed by atoms with Crippen LogP contribution in [0.1, 0.15) is 30.1 Å². The molecule has 0 N–H and O–H groups in total. The fourth-order valence-electron chi connectivity index (χ4n) is 1.19. The molecule has 78 valence electrons. The maximum Gasteiger partial charge on any atom is 0.167 e. The van der Waals surface area contributed by atoms with E-state index in [1.807, 2.05) is 0 Å². The molecule has 0 saturated heterocycles. The summed E-state index contributed by atoms with van der Waals surface area (Å²) in [5.74, 6) is 4.77. The Balaban J connectivity index is 2.85. The number of halogens is 2. The minimum absolute atomic E-state index is 0.121. The molecule has 0 aliphatic carbocycles. The second-order valence-corrected chi connectivity index (χ2v) is 3.80. The van der Waals surface area contributed by atoms with Crippen LogP contribution in [-0.2, 0) is 0 Å². The summed E-state index contributed by atoms with van der Waals surface area (Å²) in [6.45, 7) is 1.71. The first-order valence-electron chi connectivity index (χ1n) is 4.53. The molecule has 0 aliphatic rings. The number of Topliss-reactive ketones (excluding diaryl/α,β-unsaturated/α-hetero) is 1.